The van der Waals surface area contributed by atoms with Crippen LogP contribution in [-0.4, -0.2) is 47.5 Å². The first kappa shape index (κ1) is 12.8. The molecule has 3 rings (SSSR count). The number of para-hydroxylation sites is 2. The minimum Gasteiger partial charge on any atom is -0.485 e. The number of hydrogen-bond acceptors (Lipinski definition) is 5. The monoisotopic (exact) mass is 276 g/mol. The number of nitrogens with zero attached hydrogens (tertiary/aromatic N) is 2. The predicted molar refractivity (Wildman–Crippen MR) is 71.4 cm³/mol. The lowest BCUT2D eigenvalue weighted by atomic mass is 10.1. The molecule has 0 bridgehead atoms. The van der Waals surface area contributed by atoms with E-state index in [0.717, 1.165) is 5.71 Å². The minimum absolute atomic E-state index is 0.0727. The Morgan fingerprint density at radius 3 is 2.65 bits per heavy atom. The average Bonchev–Trinajstić information content (AvgIpc) is 2.54. The van der Waals surface area contributed by atoms with Crippen LogP contribution in [0.1, 0.15) is 12.8 Å². The van der Waals surface area contributed by atoms with Gasteiger partial charge in [0, 0.05) is 25.9 Å². The van der Waals surface area contributed by atoms with E-state index in [4.69, 9.17) is 14.7 Å². The molecule has 106 valence electrons. The summed E-state index contributed by atoms with van der Waals surface area (Å²) in [6, 6.07) is 7.33. The summed E-state index contributed by atoms with van der Waals surface area (Å²) in [7, 11) is 0. The van der Waals surface area contributed by atoms with Crippen molar-refractivity contribution in [2.45, 2.75) is 18.9 Å². The van der Waals surface area contributed by atoms with Gasteiger partial charge >= 0.3 is 0 Å². The van der Waals surface area contributed by atoms with E-state index in [0.29, 0.717) is 37.4 Å². The van der Waals surface area contributed by atoms with E-state index in [2.05, 4.69) is 5.16 Å². The van der Waals surface area contributed by atoms with Crippen molar-refractivity contribution in [2.24, 2.45) is 5.16 Å². The second-order valence-electron chi connectivity index (χ2n) is 4.86. The highest BCUT2D eigenvalue weighted by molar-refractivity contribution is 5.88. The van der Waals surface area contributed by atoms with Crippen molar-refractivity contribution in [3.8, 4) is 11.5 Å². The third-order valence-corrected chi connectivity index (χ3v) is 3.58. The maximum atomic E-state index is 12.4. The Morgan fingerprint density at radius 1 is 1.25 bits per heavy atom. The molecule has 1 N–H and O–H groups in total. The fourth-order valence-electron chi connectivity index (χ4n) is 2.43. The van der Waals surface area contributed by atoms with Gasteiger partial charge in [0.05, 0.1) is 5.71 Å². The molecule has 2 aliphatic rings. The molecule has 1 fully saturated rings. The largest absolute Gasteiger partial charge is 0.485 e. The Kier molecular flexibility index (Phi) is 3.45. The summed E-state index contributed by atoms with van der Waals surface area (Å²) < 4.78 is 11.3. The predicted octanol–water partition coefficient (Wildman–Crippen LogP) is 1.28. The van der Waals surface area contributed by atoms with E-state index in [1.165, 1.54) is 0 Å². The van der Waals surface area contributed by atoms with Gasteiger partial charge in [0.1, 0.15) is 6.61 Å². The van der Waals surface area contributed by atoms with Crippen LogP contribution in [0.2, 0.25) is 0 Å². The Balaban J connectivity index is 1.65. The third kappa shape index (κ3) is 2.41. The highest BCUT2D eigenvalue weighted by Gasteiger charge is 2.32. The molecule has 20 heavy (non-hydrogen) atoms. The van der Waals surface area contributed by atoms with Crippen LogP contribution >= 0.6 is 0 Å². The molecular formula is C14H16N2O4. The summed E-state index contributed by atoms with van der Waals surface area (Å²) in [4.78, 5) is 14.1. The number of carbonyl (C=O) groups excluding carboxylic acids is 1. The van der Waals surface area contributed by atoms with Crippen molar-refractivity contribution in [3.05, 3.63) is 24.3 Å². The fourth-order valence-corrected chi connectivity index (χ4v) is 2.43. The molecule has 0 aliphatic carbocycles. The number of benzene rings is 1. The lowest BCUT2D eigenvalue weighted by Gasteiger charge is -2.32. The van der Waals surface area contributed by atoms with E-state index >= 15 is 0 Å². The Hall–Kier alpha value is -2.24. The number of likely N-dealkylation sites (tertiary alicyclic amines) is 1. The molecule has 6 nitrogen and oxygen atoms in total. The van der Waals surface area contributed by atoms with Crippen molar-refractivity contribution in [1.29, 1.82) is 0 Å². The molecule has 2 aliphatic heterocycles. The van der Waals surface area contributed by atoms with Gasteiger partial charge in [-0.25, -0.2) is 0 Å². The molecule has 0 saturated carbocycles. The summed E-state index contributed by atoms with van der Waals surface area (Å²) in [5.41, 5.74) is 0.736. The van der Waals surface area contributed by atoms with Gasteiger partial charge in [-0.3, -0.25) is 4.79 Å². The number of rotatable bonds is 1. The number of piperidine rings is 1. The van der Waals surface area contributed by atoms with Crippen LogP contribution in [0.4, 0.5) is 0 Å². The maximum Gasteiger partial charge on any atom is 0.267 e. The van der Waals surface area contributed by atoms with E-state index in [1.807, 2.05) is 18.2 Å². The summed E-state index contributed by atoms with van der Waals surface area (Å²) in [6.45, 7) is 1.34. The fraction of sp³-hybridized carbons (Fsp3) is 0.429. The molecule has 0 radical (unpaired) electrons. The van der Waals surface area contributed by atoms with Crippen molar-refractivity contribution in [3.63, 3.8) is 0 Å². The SMILES string of the molecule is O=C(C1COc2ccccc2O1)N1CCC(=NO)CC1. The van der Waals surface area contributed by atoms with Crippen LogP contribution in [0, 0.1) is 0 Å². The van der Waals surface area contributed by atoms with Crippen molar-refractivity contribution < 1.29 is 19.5 Å². The standard InChI is InChI=1S/C14H16N2O4/c17-14(16-7-5-10(15-18)6-8-16)13-9-19-11-3-1-2-4-12(11)20-13/h1-4,13,18H,5-9H2. The molecule has 1 saturated heterocycles. The van der Waals surface area contributed by atoms with Crippen LogP contribution in [0.15, 0.2) is 29.4 Å². The lowest BCUT2D eigenvalue weighted by Crippen LogP contribution is -2.49. The zero-order valence-corrected chi connectivity index (χ0v) is 11.0. The van der Waals surface area contributed by atoms with Gasteiger partial charge in [0.25, 0.3) is 5.91 Å². The van der Waals surface area contributed by atoms with Crippen LogP contribution < -0.4 is 9.47 Å². The van der Waals surface area contributed by atoms with Gasteiger partial charge in [0.2, 0.25) is 6.10 Å². The number of amides is 1. The van der Waals surface area contributed by atoms with Gasteiger partial charge < -0.3 is 19.6 Å². The van der Waals surface area contributed by atoms with Crippen molar-refractivity contribution >= 4 is 11.6 Å². The zero-order chi connectivity index (χ0) is 13.9. The topological polar surface area (TPSA) is 71.4 Å². The van der Waals surface area contributed by atoms with Crippen molar-refractivity contribution in [1.82, 2.24) is 4.90 Å². The van der Waals surface area contributed by atoms with Crippen LogP contribution in [-0.2, 0) is 4.79 Å². The van der Waals surface area contributed by atoms with Crippen molar-refractivity contribution in [2.75, 3.05) is 19.7 Å². The molecule has 1 amide bonds. The number of ether oxygens (including phenoxy) is 2. The second kappa shape index (κ2) is 5.40. The molecule has 0 spiro atoms. The minimum atomic E-state index is -0.600. The lowest BCUT2D eigenvalue weighted by molar-refractivity contribution is -0.141. The first-order valence-electron chi connectivity index (χ1n) is 6.65. The smallest absolute Gasteiger partial charge is 0.267 e. The third-order valence-electron chi connectivity index (χ3n) is 3.58. The summed E-state index contributed by atoms with van der Waals surface area (Å²) in [6.07, 6.45) is 0.608. The second-order valence-corrected chi connectivity index (χ2v) is 4.86. The van der Waals surface area contributed by atoms with Gasteiger partial charge in [0.15, 0.2) is 11.5 Å². The summed E-state index contributed by atoms with van der Waals surface area (Å²) >= 11 is 0. The Labute approximate surface area is 116 Å². The van der Waals surface area contributed by atoms with Gasteiger partial charge in [-0.1, -0.05) is 17.3 Å². The average molecular weight is 276 g/mol. The van der Waals surface area contributed by atoms with Gasteiger partial charge in [-0.15, -0.1) is 0 Å². The quantitative estimate of drug-likeness (QED) is 0.619. The number of oxime groups is 1. The molecule has 1 aromatic carbocycles. The molecule has 2 heterocycles. The Bertz CT molecular complexity index is 534. The van der Waals surface area contributed by atoms with E-state index in [-0.39, 0.29) is 12.5 Å². The molecule has 1 unspecified atom stereocenters. The first-order chi connectivity index (χ1) is 9.78. The zero-order valence-electron chi connectivity index (χ0n) is 11.0. The highest BCUT2D eigenvalue weighted by atomic mass is 16.6. The summed E-state index contributed by atoms with van der Waals surface area (Å²) in [5, 5.41) is 11.9. The number of hydrogen-bond donors (Lipinski definition) is 1. The maximum absolute atomic E-state index is 12.4. The Morgan fingerprint density at radius 2 is 1.95 bits per heavy atom. The van der Waals surface area contributed by atoms with E-state index in [9.17, 15) is 4.79 Å². The summed E-state index contributed by atoms with van der Waals surface area (Å²) in [5.74, 6) is 1.20. The molecular weight excluding hydrogens is 260 g/mol. The van der Waals surface area contributed by atoms with Gasteiger partial charge in [-0.2, -0.15) is 0 Å². The molecule has 1 aromatic rings. The highest BCUT2D eigenvalue weighted by Crippen LogP contribution is 2.31. The molecule has 6 heteroatoms. The molecule has 0 aromatic heterocycles. The van der Waals surface area contributed by atoms with Crippen LogP contribution in [0.3, 0.4) is 0 Å². The normalized spacial score (nSPS) is 21.5. The van der Waals surface area contributed by atoms with E-state index < -0.39 is 6.10 Å². The van der Waals surface area contributed by atoms with E-state index in [1.54, 1.807) is 11.0 Å². The number of fused-ring (bicyclic) bond motifs is 1. The van der Waals surface area contributed by atoms with Crippen LogP contribution in [0.25, 0.3) is 0 Å². The number of carbonyl (C=O) groups is 1. The van der Waals surface area contributed by atoms with Gasteiger partial charge in [-0.05, 0) is 12.1 Å². The molecule has 1 atom stereocenters. The van der Waals surface area contributed by atoms with Crippen LogP contribution in [0.5, 0.6) is 11.5 Å². The first-order valence-corrected chi connectivity index (χ1v) is 6.65.